The predicted molar refractivity (Wildman–Crippen MR) is 144 cm³/mol. The molecular formula is C26H22ClN5O4S. The van der Waals surface area contributed by atoms with Crippen molar-refractivity contribution in [1.29, 1.82) is 0 Å². The van der Waals surface area contributed by atoms with E-state index in [0.717, 1.165) is 21.5 Å². The number of nitrogens with one attached hydrogen (secondary N) is 2. The monoisotopic (exact) mass is 535 g/mol. The van der Waals surface area contributed by atoms with Crippen LogP contribution in [0.3, 0.4) is 0 Å². The lowest BCUT2D eigenvalue weighted by Crippen LogP contribution is -2.60. The smallest absolute Gasteiger partial charge is 0.329 e. The first-order valence-corrected chi connectivity index (χ1v) is 12.9. The molecule has 1 aromatic heterocycles. The molecule has 188 valence electrons. The molecule has 2 aromatic carbocycles. The Morgan fingerprint density at radius 3 is 2.81 bits per heavy atom. The third-order valence-electron chi connectivity index (χ3n) is 6.67. The highest BCUT2D eigenvalue weighted by Crippen LogP contribution is 2.45. The van der Waals surface area contributed by atoms with Crippen LogP contribution in [0.1, 0.15) is 5.56 Å². The summed E-state index contributed by atoms with van der Waals surface area (Å²) in [5, 5.41) is 7.24. The number of piperazine rings is 1. The summed E-state index contributed by atoms with van der Waals surface area (Å²) in [5.41, 5.74) is 1.98. The number of amides is 4. The number of hydrogen-bond acceptors (Lipinski definition) is 7. The van der Waals surface area contributed by atoms with Gasteiger partial charge in [-0.3, -0.25) is 14.6 Å². The summed E-state index contributed by atoms with van der Waals surface area (Å²) in [6, 6.07) is 10.1. The number of aromatic nitrogens is 1. The number of urea groups is 1. The lowest BCUT2D eigenvalue weighted by Gasteiger charge is -2.33. The van der Waals surface area contributed by atoms with Gasteiger partial charge in [-0.2, -0.15) is 0 Å². The fraction of sp³-hybridized carbons (Fsp3) is 0.231. The van der Waals surface area contributed by atoms with Crippen LogP contribution >= 0.6 is 23.4 Å². The molecule has 37 heavy (non-hydrogen) atoms. The van der Waals surface area contributed by atoms with Gasteiger partial charge >= 0.3 is 6.03 Å². The summed E-state index contributed by atoms with van der Waals surface area (Å²) in [4.78, 5) is 47.1. The summed E-state index contributed by atoms with van der Waals surface area (Å²) in [5.74, 6) is 0.272. The first-order chi connectivity index (χ1) is 17.9. The lowest BCUT2D eigenvalue weighted by atomic mass is 10.1. The van der Waals surface area contributed by atoms with E-state index >= 15 is 0 Å². The predicted octanol–water partition coefficient (Wildman–Crippen LogP) is 3.41. The number of benzene rings is 2. The largest absolute Gasteiger partial charge is 0.497 e. The molecule has 0 spiro atoms. The van der Waals surface area contributed by atoms with Crippen LogP contribution in [0.15, 0.2) is 54.9 Å². The van der Waals surface area contributed by atoms with Crippen LogP contribution in [0.25, 0.3) is 15.7 Å². The molecule has 2 fully saturated rings. The van der Waals surface area contributed by atoms with E-state index in [0.29, 0.717) is 34.9 Å². The number of carbonyl (C=O) groups excluding carboxylic acids is 3. The Balaban J connectivity index is 1.33. The van der Waals surface area contributed by atoms with Crippen molar-refractivity contribution in [3.05, 3.63) is 65.5 Å². The Bertz CT molecular complexity index is 1500. The molecule has 2 atom stereocenters. The van der Waals surface area contributed by atoms with Gasteiger partial charge in [0.2, 0.25) is 5.91 Å². The van der Waals surface area contributed by atoms with Crippen LogP contribution in [0, 0.1) is 0 Å². The molecule has 0 aliphatic carbocycles. The van der Waals surface area contributed by atoms with Gasteiger partial charge in [0.15, 0.2) is 0 Å². The molecule has 2 saturated heterocycles. The standard InChI is InChI=1S/C26H22ClN5O4S/c1-36-16-4-5-19(27)18(9-16)22-10-20-24(37-22)25(34)32(26(35)30-20)21-12-28-11-14-2-3-15(8-17(14)21)31-7-6-29-23(33)13-31/h2-5,8-12,20,24H,6-7,13H2,1H3,(H,29,33)(H,30,35). The van der Waals surface area contributed by atoms with E-state index in [2.05, 4.69) is 15.6 Å². The van der Waals surface area contributed by atoms with E-state index in [1.165, 1.54) is 22.9 Å². The van der Waals surface area contributed by atoms with Crippen LogP contribution < -0.4 is 25.2 Å². The number of ether oxygens (including phenoxy) is 1. The molecule has 0 radical (unpaired) electrons. The molecule has 4 heterocycles. The fourth-order valence-electron chi connectivity index (χ4n) is 4.83. The van der Waals surface area contributed by atoms with Crippen LogP contribution in [-0.2, 0) is 9.59 Å². The Kier molecular flexibility index (Phi) is 5.92. The molecule has 2 unspecified atom stereocenters. The van der Waals surface area contributed by atoms with Crippen molar-refractivity contribution in [2.75, 3.05) is 36.5 Å². The van der Waals surface area contributed by atoms with Crippen LogP contribution in [0.5, 0.6) is 5.75 Å². The number of anilines is 2. The number of halogens is 1. The van der Waals surface area contributed by atoms with Crippen LogP contribution in [0.4, 0.5) is 16.2 Å². The molecule has 3 aromatic rings. The minimum Gasteiger partial charge on any atom is -0.497 e. The van der Waals surface area contributed by atoms with Gasteiger partial charge in [0, 0.05) is 51.2 Å². The molecule has 11 heteroatoms. The molecule has 2 N–H and O–H groups in total. The van der Waals surface area contributed by atoms with E-state index in [4.69, 9.17) is 16.3 Å². The summed E-state index contributed by atoms with van der Waals surface area (Å²) < 4.78 is 5.33. The Labute approximate surface area is 221 Å². The maximum atomic E-state index is 13.7. The van der Waals surface area contributed by atoms with Gasteiger partial charge in [-0.1, -0.05) is 17.7 Å². The van der Waals surface area contributed by atoms with Crippen molar-refractivity contribution in [2.45, 2.75) is 11.3 Å². The molecule has 0 bridgehead atoms. The van der Waals surface area contributed by atoms with E-state index in [1.54, 1.807) is 25.4 Å². The third kappa shape index (κ3) is 4.15. The van der Waals surface area contributed by atoms with E-state index in [-0.39, 0.29) is 18.4 Å². The maximum absolute atomic E-state index is 13.7. The number of hydrogen-bond donors (Lipinski definition) is 2. The zero-order valence-electron chi connectivity index (χ0n) is 19.7. The highest BCUT2D eigenvalue weighted by molar-refractivity contribution is 8.09. The SMILES string of the molecule is COc1ccc(Cl)c(C2=CC3NC(=O)N(c4cncc5ccc(N6CCNC(=O)C6)cc45)C(=O)C3S2)c1. The molecule has 4 amide bonds. The van der Waals surface area contributed by atoms with Gasteiger partial charge < -0.3 is 20.3 Å². The maximum Gasteiger partial charge on any atom is 0.329 e. The van der Waals surface area contributed by atoms with Gasteiger partial charge in [-0.25, -0.2) is 9.69 Å². The number of pyridine rings is 1. The Morgan fingerprint density at radius 1 is 1.14 bits per heavy atom. The molecule has 0 saturated carbocycles. The van der Waals surface area contributed by atoms with Crippen molar-refractivity contribution in [2.24, 2.45) is 0 Å². The highest BCUT2D eigenvalue weighted by atomic mass is 35.5. The second kappa shape index (κ2) is 9.28. The third-order valence-corrected chi connectivity index (χ3v) is 8.36. The first-order valence-electron chi connectivity index (χ1n) is 11.7. The van der Waals surface area contributed by atoms with E-state index in [9.17, 15) is 14.4 Å². The average Bonchev–Trinajstić information content (AvgIpc) is 3.33. The molecule has 3 aliphatic rings. The molecule has 9 nitrogen and oxygen atoms in total. The topological polar surface area (TPSA) is 104 Å². The number of nitrogens with zero attached hydrogens (tertiary/aromatic N) is 3. The molecular weight excluding hydrogens is 514 g/mol. The van der Waals surface area contributed by atoms with Gasteiger partial charge in [-0.05, 0) is 36.4 Å². The first kappa shape index (κ1) is 23.6. The molecule has 6 rings (SSSR count). The summed E-state index contributed by atoms with van der Waals surface area (Å²) in [6.45, 7) is 1.47. The zero-order chi connectivity index (χ0) is 25.7. The Hall–Kier alpha value is -3.76. The second-order valence-electron chi connectivity index (χ2n) is 8.90. The van der Waals surface area contributed by atoms with Crippen LogP contribution in [0.2, 0.25) is 5.02 Å². The minimum atomic E-state index is -0.556. The van der Waals surface area contributed by atoms with Crippen molar-refractivity contribution in [3.63, 3.8) is 0 Å². The summed E-state index contributed by atoms with van der Waals surface area (Å²) in [7, 11) is 1.58. The van der Waals surface area contributed by atoms with Gasteiger partial charge in [-0.15, -0.1) is 11.8 Å². The van der Waals surface area contributed by atoms with E-state index in [1.807, 2.05) is 35.2 Å². The lowest BCUT2D eigenvalue weighted by molar-refractivity contribution is -0.120. The van der Waals surface area contributed by atoms with Crippen molar-refractivity contribution in [3.8, 4) is 5.75 Å². The Morgan fingerprint density at radius 2 is 2.00 bits per heavy atom. The molecule has 3 aliphatic heterocycles. The number of methoxy groups -OCH3 is 1. The number of rotatable bonds is 4. The minimum absolute atomic E-state index is 0.0457. The van der Waals surface area contributed by atoms with Crippen molar-refractivity contribution < 1.29 is 19.1 Å². The normalized spacial score (nSPS) is 21.5. The number of carbonyl (C=O) groups is 3. The van der Waals surface area contributed by atoms with Crippen LogP contribution in [-0.4, -0.2) is 60.9 Å². The second-order valence-corrected chi connectivity index (χ2v) is 10.5. The summed E-state index contributed by atoms with van der Waals surface area (Å²) >= 11 is 7.81. The van der Waals surface area contributed by atoms with Gasteiger partial charge in [0.25, 0.3) is 5.91 Å². The number of thioether (sulfide) groups is 1. The quantitative estimate of drug-likeness (QED) is 0.527. The fourth-order valence-corrected chi connectivity index (χ4v) is 6.40. The van der Waals surface area contributed by atoms with E-state index < -0.39 is 17.3 Å². The number of imide groups is 1. The number of fused-ring (bicyclic) bond motifs is 2. The average molecular weight is 536 g/mol. The summed E-state index contributed by atoms with van der Waals surface area (Å²) in [6.07, 6.45) is 5.08. The van der Waals surface area contributed by atoms with Crippen molar-refractivity contribution >= 4 is 68.3 Å². The van der Waals surface area contributed by atoms with Gasteiger partial charge in [0.05, 0.1) is 31.6 Å². The van der Waals surface area contributed by atoms with Crippen molar-refractivity contribution in [1.82, 2.24) is 15.6 Å². The highest BCUT2D eigenvalue weighted by Gasteiger charge is 2.46. The van der Waals surface area contributed by atoms with Gasteiger partial charge in [0.1, 0.15) is 11.0 Å². The zero-order valence-corrected chi connectivity index (χ0v) is 21.3.